The average molecular weight is 277 g/mol. The van der Waals surface area contributed by atoms with Crippen molar-refractivity contribution in [2.45, 2.75) is 58.3 Å². The van der Waals surface area contributed by atoms with E-state index in [9.17, 15) is 0 Å². The molecule has 0 radical (unpaired) electrons. The predicted octanol–water partition coefficient (Wildman–Crippen LogP) is 3.64. The van der Waals surface area contributed by atoms with E-state index in [1.54, 1.807) is 7.11 Å². The molecular formula is C17H27NO2. The molecule has 0 spiro atoms. The van der Waals surface area contributed by atoms with Gasteiger partial charge in [-0.3, -0.25) is 0 Å². The normalized spacial score (nSPS) is 22.8. The zero-order valence-electron chi connectivity index (χ0n) is 12.7. The van der Waals surface area contributed by atoms with E-state index in [1.165, 1.54) is 37.7 Å². The minimum absolute atomic E-state index is 0.428. The van der Waals surface area contributed by atoms with Crippen LogP contribution in [0.3, 0.4) is 0 Å². The summed E-state index contributed by atoms with van der Waals surface area (Å²) in [5.74, 6) is 1.71. The summed E-state index contributed by atoms with van der Waals surface area (Å²) in [6, 6.07) is 6.15. The number of rotatable bonds is 6. The van der Waals surface area contributed by atoms with Crippen LogP contribution in [0.5, 0.6) is 5.75 Å². The number of benzene rings is 1. The molecule has 1 saturated carbocycles. The van der Waals surface area contributed by atoms with Gasteiger partial charge in [-0.05, 0) is 36.5 Å². The summed E-state index contributed by atoms with van der Waals surface area (Å²) in [6.07, 6.45) is 6.81. The van der Waals surface area contributed by atoms with Crippen molar-refractivity contribution in [2.24, 2.45) is 11.7 Å². The molecule has 1 fully saturated rings. The van der Waals surface area contributed by atoms with Crippen LogP contribution in [0.2, 0.25) is 0 Å². The highest BCUT2D eigenvalue weighted by atomic mass is 16.5. The zero-order chi connectivity index (χ0) is 14.4. The summed E-state index contributed by atoms with van der Waals surface area (Å²) in [7, 11) is 1.68. The van der Waals surface area contributed by atoms with E-state index in [0.717, 1.165) is 17.2 Å². The Balaban J connectivity index is 1.90. The Kier molecular flexibility index (Phi) is 5.86. The summed E-state index contributed by atoms with van der Waals surface area (Å²) in [5.41, 5.74) is 7.98. The maximum Gasteiger partial charge on any atom is 0.123 e. The van der Waals surface area contributed by atoms with Crippen molar-refractivity contribution >= 4 is 0 Å². The Bertz CT molecular complexity index is 419. The molecule has 20 heavy (non-hydrogen) atoms. The van der Waals surface area contributed by atoms with E-state index >= 15 is 0 Å². The van der Waals surface area contributed by atoms with Crippen LogP contribution in [0.15, 0.2) is 18.2 Å². The lowest BCUT2D eigenvalue weighted by Crippen LogP contribution is -2.22. The van der Waals surface area contributed by atoms with Gasteiger partial charge in [0.1, 0.15) is 5.75 Å². The molecule has 2 unspecified atom stereocenters. The quantitative estimate of drug-likeness (QED) is 0.863. The molecule has 3 nitrogen and oxygen atoms in total. The second-order valence-corrected chi connectivity index (χ2v) is 5.72. The Morgan fingerprint density at radius 2 is 2.15 bits per heavy atom. The molecule has 2 rings (SSSR count). The number of hydrogen-bond acceptors (Lipinski definition) is 3. The molecule has 0 heterocycles. The fourth-order valence-corrected chi connectivity index (χ4v) is 3.06. The maximum atomic E-state index is 6.09. The second-order valence-electron chi connectivity index (χ2n) is 5.72. The first-order valence-corrected chi connectivity index (χ1v) is 7.74. The van der Waals surface area contributed by atoms with Gasteiger partial charge in [-0.1, -0.05) is 32.3 Å². The van der Waals surface area contributed by atoms with Crippen molar-refractivity contribution in [1.29, 1.82) is 0 Å². The molecule has 1 aliphatic rings. The largest absolute Gasteiger partial charge is 0.496 e. The predicted molar refractivity (Wildman–Crippen MR) is 81.7 cm³/mol. The highest BCUT2D eigenvalue weighted by molar-refractivity contribution is 5.36. The van der Waals surface area contributed by atoms with Crippen molar-refractivity contribution < 1.29 is 9.47 Å². The van der Waals surface area contributed by atoms with E-state index in [4.69, 9.17) is 15.2 Å². The van der Waals surface area contributed by atoms with Crippen LogP contribution in [-0.2, 0) is 17.9 Å². The van der Waals surface area contributed by atoms with Gasteiger partial charge >= 0.3 is 0 Å². The number of hydrogen-bond donors (Lipinski definition) is 1. The molecule has 0 bridgehead atoms. The third kappa shape index (κ3) is 3.97. The van der Waals surface area contributed by atoms with Crippen molar-refractivity contribution in [3.63, 3.8) is 0 Å². The molecule has 1 aromatic rings. The third-order valence-electron chi connectivity index (χ3n) is 4.36. The van der Waals surface area contributed by atoms with Gasteiger partial charge in [0.25, 0.3) is 0 Å². The maximum absolute atomic E-state index is 6.09. The average Bonchev–Trinajstić information content (AvgIpc) is 2.52. The molecule has 0 aliphatic heterocycles. The van der Waals surface area contributed by atoms with Crippen LogP contribution in [0.1, 0.15) is 50.2 Å². The highest BCUT2D eigenvalue weighted by Gasteiger charge is 2.21. The molecule has 0 saturated heterocycles. The van der Waals surface area contributed by atoms with E-state index in [1.807, 2.05) is 6.07 Å². The lowest BCUT2D eigenvalue weighted by atomic mass is 9.85. The number of nitrogens with two attached hydrogens (primary N) is 1. The molecule has 0 aromatic heterocycles. The smallest absolute Gasteiger partial charge is 0.123 e. The van der Waals surface area contributed by atoms with Gasteiger partial charge < -0.3 is 15.2 Å². The molecule has 1 aromatic carbocycles. The van der Waals surface area contributed by atoms with E-state index in [2.05, 4.69) is 19.1 Å². The van der Waals surface area contributed by atoms with Gasteiger partial charge in [-0.2, -0.15) is 0 Å². The second kappa shape index (κ2) is 7.65. The van der Waals surface area contributed by atoms with Crippen LogP contribution in [0, 0.1) is 5.92 Å². The fraction of sp³-hybridized carbons (Fsp3) is 0.647. The Hall–Kier alpha value is -1.06. The van der Waals surface area contributed by atoms with Crippen molar-refractivity contribution in [2.75, 3.05) is 7.11 Å². The number of ether oxygens (including phenoxy) is 2. The molecular weight excluding hydrogens is 250 g/mol. The Morgan fingerprint density at radius 3 is 2.85 bits per heavy atom. The summed E-state index contributed by atoms with van der Waals surface area (Å²) >= 11 is 0. The van der Waals surface area contributed by atoms with Crippen LogP contribution in [-0.4, -0.2) is 13.2 Å². The van der Waals surface area contributed by atoms with Gasteiger partial charge in [0.15, 0.2) is 0 Å². The zero-order valence-corrected chi connectivity index (χ0v) is 12.7. The third-order valence-corrected chi connectivity index (χ3v) is 4.36. The first kappa shape index (κ1) is 15.3. The van der Waals surface area contributed by atoms with E-state index in [-0.39, 0.29) is 0 Å². The Labute approximate surface area is 122 Å². The minimum Gasteiger partial charge on any atom is -0.496 e. The topological polar surface area (TPSA) is 44.5 Å². The lowest BCUT2D eigenvalue weighted by Gasteiger charge is -2.28. The van der Waals surface area contributed by atoms with Gasteiger partial charge in [-0.15, -0.1) is 0 Å². The highest BCUT2D eigenvalue weighted by Crippen LogP contribution is 2.29. The van der Waals surface area contributed by atoms with Gasteiger partial charge in [0, 0.05) is 12.1 Å². The van der Waals surface area contributed by atoms with Crippen LogP contribution in [0.25, 0.3) is 0 Å². The molecule has 3 heteroatoms. The monoisotopic (exact) mass is 277 g/mol. The van der Waals surface area contributed by atoms with Gasteiger partial charge in [-0.25, -0.2) is 0 Å². The van der Waals surface area contributed by atoms with Crippen molar-refractivity contribution in [1.82, 2.24) is 0 Å². The number of methoxy groups -OCH3 is 1. The fourth-order valence-electron chi connectivity index (χ4n) is 3.06. The summed E-state index contributed by atoms with van der Waals surface area (Å²) in [4.78, 5) is 0. The lowest BCUT2D eigenvalue weighted by molar-refractivity contribution is 0.00173. The minimum atomic E-state index is 0.428. The first-order valence-electron chi connectivity index (χ1n) is 7.74. The SMILES string of the molecule is CCC1CCCC(OCc2ccc(OC)c(CN)c2)C1. The van der Waals surface area contributed by atoms with Crippen LogP contribution >= 0.6 is 0 Å². The molecule has 0 amide bonds. The van der Waals surface area contributed by atoms with E-state index in [0.29, 0.717) is 19.3 Å². The molecule has 2 N–H and O–H groups in total. The molecule has 112 valence electrons. The van der Waals surface area contributed by atoms with E-state index < -0.39 is 0 Å². The summed E-state index contributed by atoms with van der Waals surface area (Å²) < 4.78 is 11.4. The first-order chi connectivity index (χ1) is 9.76. The molecule has 2 atom stereocenters. The van der Waals surface area contributed by atoms with Crippen LogP contribution in [0.4, 0.5) is 0 Å². The summed E-state index contributed by atoms with van der Waals surface area (Å²) in [5, 5.41) is 0. The molecule has 1 aliphatic carbocycles. The Morgan fingerprint density at radius 1 is 1.30 bits per heavy atom. The van der Waals surface area contributed by atoms with Gasteiger partial charge in [0.05, 0.1) is 19.8 Å². The van der Waals surface area contributed by atoms with Crippen molar-refractivity contribution in [3.8, 4) is 5.75 Å². The standard InChI is InChI=1S/C17H27NO2/c1-3-13-5-4-6-16(10-13)20-12-14-7-8-17(19-2)15(9-14)11-18/h7-9,13,16H,3-6,10-12,18H2,1-2H3. The summed E-state index contributed by atoms with van der Waals surface area (Å²) in [6.45, 7) is 3.46. The van der Waals surface area contributed by atoms with Gasteiger partial charge in [0.2, 0.25) is 0 Å². The van der Waals surface area contributed by atoms with Crippen molar-refractivity contribution in [3.05, 3.63) is 29.3 Å². The van der Waals surface area contributed by atoms with Crippen LogP contribution < -0.4 is 10.5 Å².